The summed E-state index contributed by atoms with van der Waals surface area (Å²) in [6.07, 6.45) is 0. The van der Waals surface area contributed by atoms with Gasteiger partial charge in [0, 0.05) is 21.9 Å². The number of halogens is 1. The Morgan fingerprint density at radius 1 is 0.960 bits per heavy atom. The highest BCUT2D eigenvalue weighted by Crippen LogP contribution is 2.38. The van der Waals surface area contributed by atoms with Gasteiger partial charge in [-0.2, -0.15) is 0 Å². The van der Waals surface area contributed by atoms with Gasteiger partial charge in [-0.15, -0.1) is 0 Å². The number of rotatable bonds is 3. The quantitative estimate of drug-likeness (QED) is 0.436. The van der Waals surface area contributed by atoms with Crippen LogP contribution in [0.4, 0.5) is 0 Å². The summed E-state index contributed by atoms with van der Waals surface area (Å²) in [6, 6.07) is 18.2. The van der Waals surface area contributed by atoms with Crippen LogP contribution < -0.4 is 4.74 Å². The molecule has 0 aliphatic heterocycles. The van der Waals surface area contributed by atoms with Gasteiger partial charge in [-0.25, -0.2) is 4.79 Å². The van der Waals surface area contributed by atoms with Crippen LogP contribution in [0.15, 0.2) is 65.1 Å². The van der Waals surface area contributed by atoms with Crippen molar-refractivity contribution in [1.82, 2.24) is 0 Å². The van der Waals surface area contributed by atoms with Gasteiger partial charge in [0.1, 0.15) is 16.9 Å². The van der Waals surface area contributed by atoms with Crippen molar-refractivity contribution in [2.45, 2.75) is 0 Å². The van der Waals surface area contributed by atoms with Crippen molar-refractivity contribution in [2.24, 2.45) is 0 Å². The summed E-state index contributed by atoms with van der Waals surface area (Å²) in [4.78, 5) is 12.0. The fourth-order valence-corrected chi connectivity index (χ4v) is 2.94. The molecule has 124 valence electrons. The topological polar surface area (TPSA) is 48.7 Å². The third-order valence-corrected chi connectivity index (χ3v) is 4.17. The molecule has 0 aliphatic rings. The summed E-state index contributed by atoms with van der Waals surface area (Å²) >= 11 is 6.06. The van der Waals surface area contributed by atoms with Crippen molar-refractivity contribution in [3.8, 4) is 11.5 Å². The lowest BCUT2D eigenvalue weighted by Crippen LogP contribution is -2.03. The molecule has 0 atom stereocenters. The van der Waals surface area contributed by atoms with E-state index in [0.29, 0.717) is 27.7 Å². The number of carbonyl (C=O) groups is 1. The van der Waals surface area contributed by atoms with Crippen molar-refractivity contribution in [3.05, 3.63) is 71.2 Å². The number of esters is 1. The molecule has 0 bridgehead atoms. The Morgan fingerprint density at radius 2 is 1.76 bits per heavy atom. The molecular formula is C20H13ClO4. The Balaban J connectivity index is 1.87. The number of carbonyl (C=O) groups excluding carboxylic acids is 1. The first-order valence-electron chi connectivity index (χ1n) is 7.63. The van der Waals surface area contributed by atoms with Crippen LogP contribution in [0.1, 0.15) is 10.4 Å². The van der Waals surface area contributed by atoms with Crippen molar-refractivity contribution in [1.29, 1.82) is 0 Å². The SMILES string of the molecule is COC(=O)c1ccc(Cl)cc1Oc1cccc2c1oc1ccccc12. The Hall–Kier alpha value is -2.98. The second kappa shape index (κ2) is 6.15. The van der Waals surface area contributed by atoms with Gasteiger partial charge in [0.2, 0.25) is 0 Å². The van der Waals surface area contributed by atoms with E-state index in [-0.39, 0.29) is 0 Å². The van der Waals surface area contributed by atoms with E-state index < -0.39 is 5.97 Å². The number of ether oxygens (including phenoxy) is 2. The monoisotopic (exact) mass is 352 g/mol. The van der Waals surface area contributed by atoms with E-state index in [1.54, 1.807) is 24.3 Å². The first-order valence-corrected chi connectivity index (χ1v) is 8.01. The molecule has 3 aromatic carbocycles. The van der Waals surface area contributed by atoms with E-state index in [2.05, 4.69) is 0 Å². The molecule has 1 heterocycles. The number of hydrogen-bond donors (Lipinski definition) is 0. The second-order valence-electron chi connectivity index (χ2n) is 5.47. The minimum atomic E-state index is -0.497. The molecule has 0 amide bonds. The van der Waals surface area contributed by atoms with E-state index in [1.165, 1.54) is 7.11 Å². The van der Waals surface area contributed by atoms with E-state index in [4.69, 9.17) is 25.5 Å². The van der Waals surface area contributed by atoms with Gasteiger partial charge in [-0.1, -0.05) is 41.9 Å². The molecule has 0 fully saturated rings. The van der Waals surface area contributed by atoms with Gasteiger partial charge >= 0.3 is 5.97 Å². The third-order valence-electron chi connectivity index (χ3n) is 3.94. The van der Waals surface area contributed by atoms with Crippen LogP contribution in [0, 0.1) is 0 Å². The van der Waals surface area contributed by atoms with E-state index >= 15 is 0 Å². The molecule has 0 aliphatic carbocycles. The molecule has 0 radical (unpaired) electrons. The molecule has 0 unspecified atom stereocenters. The van der Waals surface area contributed by atoms with E-state index in [9.17, 15) is 4.79 Å². The lowest BCUT2D eigenvalue weighted by atomic mass is 10.1. The Morgan fingerprint density at radius 3 is 2.60 bits per heavy atom. The van der Waals surface area contributed by atoms with Crippen molar-refractivity contribution in [3.63, 3.8) is 0 Å². The Bertz CT molecular complexity index is 1100. The molecule has 25 heavy (non-hydrogen) atoms. The van der Waals surface area contributed by atoms with Crippen LogP contribution in [0.2, 0.25) is 5.02 Å². The standard InChI is InChI=1S/C20H13ClO4/c1-23-20(22)15-10-9-12(21)11-18(15)24-17-8-4-6-14-13-5-2-3-7-16(13)25-19(14)17/h2-11H,1H3. The van der Waals surface area contributed by atoms with E-state index in [0.717, 1.165) is 16.4 Å². The molecule has 0 spiro atoms. The van der Waals surface area contributed by atoms with Crippen LogP contribution in [0.5, 0.6) is 11.5 Å². The van der Waals surface area contributed by atoms with E-state index in [1.807, 2.05) is 36.4 Å². The summed E-state index contributed by atoms with van der Waals surface area (Å²) in [6.45, 7) is 0. The first-order chi connectivity index (χ1) is 12.2. The maximum absolute atomic E-state index is 12.0. The maximum atomic E-state index is 12.0. The van der Waals surface area contributed by atoms with Gasteiger partial charge in [0.05, 0.1) is 7.11 Å². The molecule has 1 aromatic heterocycles. The average molecular weight is 353 g/mol. The van der Waals surface area contributed by atoms with Crippen LogP contribution in [0.25, 0.3) is 21.9 Å². The van der Waals surface area contributed by atoms with Gasteiger partial charge in [-0.05, 0) is 24.3 Å². The highest BCUT2D eigenvalue weighted by molar-refractivity contribution is 6.30. The summed E-state index contributed by atoms with van der Waals surface area (Å²) in [7, 11) is 1.32. The van der Waals surface area contributed by atoms with Crippen LogP contribution in [0.3, 0.4) is 0 Å². The first kappa shape index (κ1) is 15.5. The molecule has 0 N–H and O–H groups in total. The molecular weight excluding hydrogens is 340 g/mol. The summed E-state index contributed by atoms with van der Waals surface area (Å²) in [5, 5.41) is 2.40. The van der Waals surface area contributed by atoms with Crippen molar-refractivity contribution >= 4 is 39.5 Å². The lowest BCUT2D eigenvalue weighted by Gasteiger charge is -2.10. The average Bonchev–Trinajstić information content (AvgIpc) is 3.01. The normalized spacial score (nSPS) is 11.0. The summed E-state index contributed by atoms with van der Waals surface area (Å²) in [5.41, 5.74) is 1.67. The molecule has 4 aromatic rings. The number of fused-ring (bicyclic) bond motifs is 3. The van der Waals surface area contributed by atoms with Crippen LogP contribution in [-0.4, -0.2) is 13.1 Å². The molecule has 0 saturated carbocycles. The maximum Gasteiger partial charge on any atom is 0.341 e. The van der Waals surface area contributed by atoms with Gasteiger partial charge in [0.15, 0.2) is 11.3 Å². The highest BCUT2D eigenvalue weighted by atomic mass is 35.5. The number of para-hydroxylation sites is 2. The molecule has 0 saturated heterocycles. The van der Waals surface area contributed by atoms with Gasteiger partial charge < -0.3 is 13.9 Å². The zero-order chi connectivity index (χ0) is 17.4. The smallest absolute Gasteiger partial charge is 0.341 e. The lowest BCUT2D eigenvalue weighted by molar-refractivity contribution is 0.0598. The van der Waals surface area contributed by atoms with Gasteiger partial charge in [0.25, 0.3) is 0 Å². The minimum absolute atomic E-state index is 0.292. The largest absolute Gasteiger partial charge is 0.465 e. The zero-order valence-electron chi connectivity index (χ0n) is 13.3. The molecule has 4 nitrogen and oxygen atoms in total. The van der Waals surface area contributed by atoms with Gasteiger partial charge in [-0.3, -0.25) is 0 Å². The number of hydrogen-bond acceptors (Lipinski definition) is 4. The highest BCUT2D eigenvalue weighted by Gasteiger charge is 2.17. The fourth-order valence-electron chi connectivity index (χ4n) is 2.78. The summed E-state index contributed by atoms with van der Waals surface area (Å²) in [5.74, 6) is 0.317. The van der Waals surface area contributed by atoms with Crippen molar-refractivity contribution < 1.29 is 18.7 Å². The number of furan rings is 1. The zero-order valence-corrected chi connectivity index (χ0v) is 14.0. The minimum Gasteiger partial charge on any atom is -0.465 e. The number of benzene rings is 3. The van der Waals surface area contributed by atoms with Crippen LogP contribution in [-0.2, 0) is 4.74 Å². The summed E-state index contributed by atoms with van der Waals surface area (Å²) < 4.78 is 16.7. The Kier molecular flexibility index (Phi) is 3.82. The molecule has 4 rings (SSSR count). The number of methoxy groups -OCH3 is 1. The fraction of sp³-hybridized carbons (Fsp3) is 0.0500. The van der Waals surface area contributed by atoms with Crippen molar-refractivity contribution in [2.75, 3.05) is 7.11 Å². The van der Waals surface area contributed by atoms with Crippen LogP contribution >= 0.6 is 11.6 Å². The predicted molar refractivity (Wildman–Crippen MR) is 96.6 cm³/mol. The predicted octanol–water partition coefficient (Wildman–Crippen LogP) is 5.82. The third kappa shape index (κ3) is 2.71. The Labute approximate surface area is 148 Å². The molecule has 5 heteroatoms. The second-order valence-corrected chi connectivity index (χ2v) is 5.90.